The van der Waals surface area contributed by atoms with E-state index in [1.54, 1.807) is 24.3 Å². The second-order valence-corrected chi connectivity index (χ2v) is 5.02. The van der Waals surface area contributed by atoms with Crippen LogP contribution in [0, 0.1) is 17.1 Å². The van der Waals surface area contributed by atoms with E-state index in [2.05, 4.69) is 21.2 Å². The van der Waals surface area contributed by atoms with Gasteiger partial charge in [0.1, 0.15) is 0 Å². The highest BCUT2D eigenvalue weighted by Crippen LogP contribution is 2.18. The third-order valence-corrected chi connectivity index (χ3v) is 3.08. The van der Waals surface area contributed by atoms with Gasteiger partial charge in [0, 0.05) is 10.2 Å². The molecule has 0 atom stereocenters. The second-order valence-electron chi connectivity index (χ2n) is 4.10. The quantitative estimate of drug-likeness (QED) is 0.919. The van der Waals surface area contributed by atoms with Gasteiger partial charge in [-0.15, -0.1) is 0 Å². The number of carbonyl (C=O) groups is 1. The summed E-state index contributed by atoms with van der Waals surface area (Å²) in [6, 6.07) is 12.6. The molecule has 0 aromatic heterocycles. The monoisotopic (exact) mass is 348 g/mol. The predicted molar refractivity (Wildman–Crippen MR) is 79.4 cm³/mol. The number of ether oxygens (including phenoxy) is 1. The zero-order chi connectivity index (χ0) is 15.2. The third-order valence-electron chi connectivity index (χ3n) is 2.55. The van der Waals surface area contributed by atoms with Crippen molar-refractivity contribution in [2.75, 3.05) is 11.9 Å². The van der Waals surface area contributed by atoms with Crippen molar-refractivity contribution < 1.29 is 13.9 Å². The van der Waals surface area contributed by atoms with Crippen molar-refractivity contribution in [2.24, 2.45) is 0 Å². The third kappa shape index (κ3) is 4.29. The fourth-order valence-corrected chi connectivity index (χ4v) is 1.83. The number of amides is 1. The number of nitriles is 1. The van der Waals surface area contributed by atoms with Gasteiger partial charge in [-0.1, -0.05) is 15.9 Å². The van der Waals surface area contributed by atoms with Crippen LogP contribution >= 0.6 is 15.9 Å². The van der Waals surface area contributed by atoms with Crippen LogP contribution in [0.3, 0.4) is 0 Å². The highest BCUT2D eigenvalue weighted by molar-refractivity contribution is 9.10. The van der Waals surface area contributed by atoms with E-state index in [-0.39, 0.29) is 17.9 Å². The van der Waals surface area contributed by atoms with Gasteiger partial charge in [0.05, 0.1) is 11.6 Å². The van der Waals surface area contributed by atoms with Gasteiger partial charge in [0.2, 0.25) is 0 Å². The van der Waals surface area contributed by atoms with E-state index >= 15 is 0 Å². The lowest BCUT2D eigenvalue weighted by atomic mass is 10.2. The minimum absolute atomic E-state index is 0.0695. The summed E-state index contributed by atoms with van der Waals surface area (Å²) in [5.74, 6) is -1.15. The number of anilines is 1. The van der Waals surface area contributed by atoms with Gasteiger partial charge in [-0.3, -0.25) is 4.79 Å². The molecule has 0 fully saturated rings. The van der Waals surface area contributed by atoms with Crippen LogP contribution in [0.15, 0.2) is 46.9 Å². The highest BCUT2D eigenvalue weighted by Gasteiger charge is 2.08. The Kier molecular flexibility index (Phi) is 4.90. The van der Waals surface area contributed by atoms with Crippen LogP contribution < -0.4 is 10.1 Å². The molecule has 0 saturated heterocycles. The lowest BCUT2D eigenvalue weighted by Crippen LogP contribution is -2.20. The molecular formula is C15H10BrFN2O2. The SMILES string of the molecule is N#Cc1ccc(OCC(=O)Nc2ccc(Br)cc2)c(F)c1. The van der Waals surface area contributed by atoms with E-state index in [0.717, 1.165) is 10.5 Å². The first-order valence-corrected chi connectivity index (χ1v) is 6.75. The Bertz CT molecular complexity index is 696. The summed E-state index contributed by atoms with van der Waals surface area (Å²) in [6.45, 7) is -0.321. The van der Waals surface area contributed by atoms with Gasteiger partial charge >= 0.3 is 0 Å². The first-order valence-electron chi connectivity index (χ1n) is 5.96. The Morgan fingerprint density at radius 2 is 2.00 bits per heavy atom. The Hall–Kier alpha value is -2.39. The summed E-state index contributed by atoms with van der Waals surface area (Å²) in [6.07, 6.45) is 0. The number of nitrogens with zero attached hydrogens (tertiary/aromatic N) is 1. The van der Waals surface area contributed by atoms with Crippen molar-refractivity contribution in [3.8, 4) is 11.8 Å². The minimum Gasteiger partial charge on any atom is -0.481 e. The molecule has 21 heavy (non-hydrogen) atoms. The second kappa shape index (κ2) is 6.86. The lowest BCUT2D eigenvalue weighted by molar-refractivity contribution is -0.118. The van der Waals surface area contributed by atoms with Gasteiger partial charge < -0.3 is 10.1 Å². The van der Waals surface area contributed by atoms with Crippen molar-refractivity contribution in [1.82, 2.24) is 0 Å². The maximum atomic E-state index is 13.5. The van der Waals surface area contributed by atoms with Crippen LogP contribution in [0.5, 0.6) is 5.75 Å². The van der Waals surface area contributed by atoms with E-state index in [4.69, 9.17) is 10.00 Å². The van der Waals surface area contributed by atoms with Crippen molar-refractivity contribution in [3.05, 3.63) is 58.3 Å². The summed E-state index contributed by atoms with van der Waals surface area (Å²) >= 11 is 3.29. The fourth-order valence-electron chi connectivity index (χ4n) is 1.56. The standard InChI is InChI=1S/C15H10BrFN2O2/c16-11-2-4-12(5-3-11)19-15(20)9-21-14-6-1-10(8-18)7-13(14)17/h1-7H,9H2,(H,19,20). The number of nitrogens with one attached hydrogen (secondary N) is 1. The van der Waals surface area contributed by atoms with Crippen molar-refractivity contribution in [3.63, 3.8) is 0 Å². The predicted octanol–water partition coefficient (Wildman–Crippen LogP) is 3.48. The van der Waals surface area contributed by atoms with Crippen molar-refractivity contribution in [1.29, 1.82) is 5.26 Å². The maximum absolute atomic E-state index is 13.5. The van der Waals surface area contributed by atoms with Crippen LogP contribution in [0.1, 0.15) is 5.56 Å². The largest absolute Gasteiger partial charge is 0.481 e. The summed E-state index contributed by atoms with van der Waals surface area (Å²) < 4.78 is 19.5. The smallest absolute Gasteiger partial charge is 0.262 e. The highest BCUT2D eigenvalue weighted by atomic mass is 79.9. The van der Waals surface area contributed by atoms with Gasteiger partial charge in [0.25, 0.3) is 5.91 Å². The number of hydrogen-bond acceptors (Lipinski definition) is 3. The number of halogens is 2. The van der Waals surface area contributed by atoms with E-state index < -0.39 is 11.7 Å². The first kappa shape index (κ1) is 15.0. The fraction of sp³-hybridized carbons (Fsp3) is 0.0667. The molecule has 0 aliphatic carbocycles. The Morgan fingerprint density at radius 3 is 2.62 bits per heavy atom. The number of hydrogen-bond donors (Lipinski definition) is 1. The Balaban J connectivity index is 1.92. The Morgan fingerprint density at radius 1 is 1.29 bits per heavy atom. The van der Waals surface area contributed by atoms with E-state index in [0.29, 0.717) is 5.69 Å². The number of benzene rings is 2. The molecule has 0 aliphatic rings. The molecule has 0 heterocycles. The molecule has 6 heteroatoms. The topological polar surface area (TPSA) is 62.1 Å². The van der Waals surface area contributed by atoms with E-state index in [1.807, 2.05) is 6.07 Å². The molecule has 4 nitrogen and oxygen atoms in total. The molecular weight excluding hydrogens is 339 g/mol. The van der Waals surface area contributed by atoms with Crippen LogP contribution in [-0.4, -0.2) is 12.5 Å². The van der Waals surface area contributed by atoms with Gasteiger partial charge in [-0.25, -0.2) is 4.39 Å². The number of rotatable bonds is 4. The molecule has 2 rings (SSSR count). The van der Waals surface area contributed by atoms with Gasteiger partial charge in [-0.05, 0) is 42.5 Å². The van der Waals surface area contributed by atoms with Gasteiger partial charge in [0.15, 0.2) is 18.2 Å². The van der Waals surface area contributed by atoms with Crippen LogP contribution in [0.4, 0.5) is 10.1 Å². The molecule has 2 aromatic carbocycles. The van der Waals surface area contributed by atoms with Crippen LogP contribution in [0.2, 0.25) is 0 Å². The summed E-state index contributed by atoms with van der Waals surface area (Å²) in [4.78, 5) is 11.7. The average molecular weight is 349 g/mol. The molecule has 0 unspecified atom stereocenters. The maximum Gasteiger partial charge on any atom is 0.262 e. The van der Waals surface area contributed by atoms with Crippen LogP contribution in [0.25, 0.3) is 0 Å². The molecule has 0 saturated carbocycles. The summed E-state index contributed by atoms with van der Waals surface area (Å²) in [5.41, 5.74) is 0.811. The van der Waals surface area contributed by atoms with E-state index in [1.165, 1.54) is 12.1 Å². The molecule has 0 spiro atoms. The van der Waals surface area contributed by atoms with E-state index in [9.17, 15) is 9.18 Å². The van der Waals surface area contributed by atoms with Crippen molar-refractivity contribution >= 4 is 27.5 Å². The summed E-state index contributed by atoms with van der Waals surface area (Å²) in [5, 5.41) is 11.3. The zero-order valence-corrected chi connectivity index (χ0v) is 12.4. The molecule has 1 N–H and O–H groups in total. The molecule has 0 bridgehead atoms. The lowest BCUT2D eigenvalue weighted by Gasteiger charge is -2.08. The summed E-state index contributed by atoms with van der Waals surface area (Å²) in [7, 11) is 0. The zero-order valence-electron chi connectivity index (χ0n) is 10.8. The minimum atomic E-state index is -0.675. The van der Waals surface area contributed by atoms with Gasteiger partial charge in [-0.2, -0.15) is 5.26 Å². The Labute approximate surface area is 129 Å². The molecule has 106 valence electrons. The van der Waals surface area contributed by atoms with Crippen molar-refractivity contribution in [2.45, 2.75) is 0 Å². The average Bonchev–Trinajstić information content (AvgIpc) is 2.48. The molecule has 2 aromatic rings. The normalized spacial score (nSPS) is 9.76. The van der Waals surface area contributed by atoms with Crippen LogP contribution in [-0.2, 0) is 4.79 Å². The number of carbonyl (C=O) groups excluding carboxylic acids is 1. The molecule has 1 amide bonds. The molecule has 0 radical (unpaired) electrons. The first-order chi connectivity index (χ1) is 10.1. The molecule has 0 aliphatic heterocycles.